The maximum absolute atomic E-state index is 13.5. The molecule has 1 N–H and O–H groups in total. The zero-order chi connectivity index (χ0) is 25.3. The van der Waals surface area contributed by atoms with E-state index in [1.54, 1.807) is 6.07 Å². The molecule has 0 saturated carbocycles. The van der Waals surface area contributed by atoms with E-state index >= 15 is 0 Å². The topological polar surface area (TPSA) is 76.4 Å². The van der Waals surface area contributed by atoms with Crippen LogP contribution in [0.5, 0.6) is 0 Å². The van der Waals surface area contributed by atoms with Gasteiger partial charge in [0.1, 0.15) is 0 Å². The third-order valence-electron chi connectivity index (χ3n) is 6.92. The Morgan fingerprint density at radius 1 is 1.15 bits per heavy atom. The Bertz CT molecular complexity index is 956. The van der Waals surface area contributed by atoms with Gasteiger partial charge in [0.15, 0.2) is 0 Å². The van der Waals surface area contributed by atoms with Crippen LogP contribution in [0.4, 0.5) is 18.9 Å². The second-order valence-electron chi connectivity index (χ2n) is 10.3. The van der Waals surface area contributed by atoms with Gasteiger partial charge in [0.25, 0.3) is 0 Å². The molecule has 186 valence electrons. The van der Waals surface area contributed by atoms with Gasteiger partial charge in [-0.1, -0.05) is 20.8 Å². The second kappa shape index (κ2) is 9.85. The van der Waals surface area contributed by atoms with Crippen LogP contribution in [0.2, 0.25) is 0 Å². The number of nitrogens with one attached hydrogen (secondary N) is 1. The number of hydrogen-bond donors (Lipinski definition) is 1. The lowest BCUT2D eigenvalue weighted by atomic mass is 9.77. The number of nitriles is 1. The summed E-state index contributed by atoms with van der Waals surface area (Å²) in [4.78, 5) is 29.2. The predicted octanol–water partition coefficient (Wildman–Crippen LogP) is 4.05. The summed E-state index contributed by atoms with van der Waals surface area (Å²) < 4.78 is 40.5. The van der Waals surface area contributed by atoms with Crippen molar-refractivity contribution in [1.82, 2.24) is 10.2 Å². The summed E-state index contributed by atoms with van der Waals surface area (Å²) in [6, 6.07) is 5.35. The number of carbonyl (C=O) groups is 2. The molecule has 1 aromatic rings. The molecule has 1 aromatic carbocycles. The molecule has 0 radical (unpaired) electrons. The van der Waals surface area contributed by atoms with Crippen LogP contribution in [0.3, 0.4) is 0 Å². The highest BCUT2D eigenvalue weighted by Gasteiger charge is 2.44. The minimum Gasteiger partial charge on any atom is -0.370 e. The molecule has 0 aromatic heterocycles. The van der Waals surface area contributed by atoms with Crippen molar-refractivity contribution in [3.05, 3.63) is 29.3 Å². The van der Waals surface area contributed by atoms with Crippen molar-refractivity contribution in [2.75, 3.05) is 37.6 Å². The molecule has 2 heterocycles. The number of piperidine rings is 1. The lowest BCUT2D eigenvalue weighted by Crippen LogP contribution is -2.46. The molecule has 2 atom stereocenters. The number of alkyl halides is 3. The highest BCUT2D eigenvalue weighted by Crippen LogP contribution is 2.40. The Labute approximate surface area is 199 Å². The third-order valence-corrected chi connectivity index (χ3v) is 6.92. The third kappa shape index (κ3) is 5.48. The van der Waals surface area contributed by atoms with Crippen molar-refractivity contribution in [2.24, 2.45) is 23.2 Å². The summed E-state index contributed by atoms with van der Waals surface area (Å²) in [5.74, 6) is -0.158. The lowest BCUT2D eigenvalue weighted by molar-refractivity contribution is -0.141. The molecule has 2 amide bonds. The molecule has 0 spiro atoms. The number of likely N-dealkylation sites (tertiary alicyclic amines) is 1. The minimum absolute atomic E-state index is 0.0246. The van der Waals surface area contributed by atoms with E-state index in [2.05, 4.69) is 5.32 Å². The van der Waals surface area contributed by atoms with Gasteiger partial charge < -0.3 is 15.1 Å². The minimum atomic E-state index is -4.63. The van der Waals surface area contributed by atoms with E-state index in [1.165, 1.54) is 12.1 Å². The Kier molecular flexibility index (Phi) is 7.49. The molecule has 6 nitrogen and oxygen atoms in total. The summed E-state index contributed by atoms with van der Waals surface area (Å²) in [5, 5.41) is 12.0. The van der Waals surface area contributed by atoms with Crippen LogP contribution in [0.1, 0.15) is 51.7 Å². The molecular formula is C25H33F3N4O2. The average molecular weight is 479 g/mol. The molecule has 34 heavy (non-hydrogen) atoms. The first kappa shape index (κ1) is 25.9. The van der Waals surface area contributed by atoms with Gasteiger partial charge in [-0.2, -0.15) is 18.4 Å². The fraction of sp³-hybridized carbons (Fsp3) is 0.640. The van der Waals surface area contributed by atoms with Crippen LogP contribution in [0.15, 0.2) is 18.2 Å². The Morgan fingerprint density at radius 3 is 2.32 bits per heavy atom. The second-order valence-corrected chi connectivity index (χ2v) is 10.3. The van der Waals surface area contributed by atoms with Crippen LogP contribution in [-0.4, -0.2) is 49.4 Å². The molecule has 0 bridgehead atoms. The quantitative estimate of drug-likeness (QED) is 0.709. The zero-order valence-electron chi connectivity index (χ0n) is 20.2. The monoisotopic (exact) mass is 478 g/mol. The molecule has 9 heteroatoms. The Morgan fingerprint density at radius 2 is 1.79 bits per heavy atom. The van der Waals surface area contributed by atoms with E-state index in [9.17, 15) is 22.8 Å². The Balaban J connectivity index is 1.81. The van der Waals surface area contributed by atoms with Gasteiger partial charge in [-0.25, -0.2) is 0 Å². The van der Waals surface area contributed by atoms with E-state index in [0.29, 0.717) is 38.4 Å². The van der Waals surface area contributed by atoms with Crippen molar-refractivity contribution in [3.8, 4) is 6.07 Å². The highest BCUT2D eigenvalue weighted by molar-refractivity contribution is 5.82. The van der Waals surface area contributed by atoms with Gasteiger partial charge in [-0.3, -0.25) is 9.59 Å². The predicted molar refractivity (Wildman–Crippen MR) is 123 cm³/mol. The number of carbonyl (C=O) groups excluding carboxylic acids is 2. The van der Waals surface area contributed by atoms with Gasteiger partial charge in [0.05, 0.1) is 23.1 Å². The van der Waals surface area contributed by atoms with Crippen LogP contribution < -0.4 is 10.2 Å². The fourth-order valence-corrected chi connectivity index (χ4v) is 5.17. The maximum Gasteiger partial charge on any atom is 0.417 e. The van der Waals surface area contributed by atoms with Crippen molar-refractivity contribution in [2.45, 2.75) is 46.7 Å². The summed E-state index contributed by atoms with van der Waals surface area (Å²) in [5.41, 5.74) is -1.46. The first-order valence-corrected chi connectivity index (χ1v) is 11.8. The van der Waals surface area contributed by atoms with Gasteiger partial charge in [-0.15, -0.1) is 0 Å². The average Bonchev–Trinajstić information content (AvgIpc) is 3.23. The van der Waals surface area contributed by atoms with Crippen LogP contribution in [0.25, 0.3) is 0 Å². The van der Waals surface area contributed by atoms with Gasteiger partial charge in [0, 0.05) is 43.8 Å². The van der Waals surface area contributed by atoms with Gasteiger partial charge >= 0.3 is 6.18 Å². The number of halogens is 3. The van der Waals surface area contributed by atoms with E-state index < -0.39 is 22.7 Å². The number of benzene rings is 1. The van der Waals surface area contributed by atoms with Gasteiger partial charge in [-0.05, 0) is 49.8 Å². The molecular weight excluding hydrogens is 445 g/mol. The molecule has 2 fully saturated rings. The highest BCUT2D eigenvalue weighted by atomic mass is 19.4. The number of amides is 2. The fourth-order valence-electron chi connectivity index (χ4n) is 5.17. The zero-order valence-corrected chi connectivity index (χ0v) is 20.2. The van der Waals surface area contributed by atoms with Crippen LogP contribution >= 0.6 is 0 Å². The van der Waals surface area contributed by atoms with Crippen molar-refractivity contribution >= 4 is 17.5 Å². The van der Waals surface area contributed by atoms with E-state index in [-0.39, 0.29) is 29.6 Å². The molecule has 0 aliphatic carbocycles. The Hall–Kier alpha value is -2.76. The maximum atomic E-state index is 13.5. The first-order valence-electron chi connectivity index (χ1n) is 11.8. The van der Waals surface area contributed by atoms with Crippen LogP contribution in [0, 0.1) is 34.5 Å². The summed E-state index contributed by atoms with van der Waals surface area (Å²) in [7, 11) is 0. The largest absolute Gasteiger partial charge is 0.417 e. The number of rotatable bonds is 4. The van der Waals surface area contributed by atoms with Crippen LogP contribution in [-0.2, 0) is 15.8 Å². The summed E-state index contributed by atoms with van der Waals surface area (Å²) in [6.45, 7) is 10.0. The number of hydrogen-bond acceptors (Lipinski definition) is 4. The number of nitrogens with zero attached hydrogens (tertiary/aromatic N) is 3. The molecule has 2 aliphatic rings. The summed E-state index contributed by atoms with van der Waals surface area (Å²) in [6.07, 6.45) is -3.11. The van der Waals surface area contributed by atoms with E-state index in [0.717, 1.165) is 18.9 Å². The summed E-state index contributed by atoms with van der Waals surface area (Å²) >= 11 is 0. The van der Waals surface area contributed by atoms with Crippen molar-refractivity contribution in [1.29, 1.82) is 5.26 Å². The van der Waals surface area contributed by atoms with Gasteiger partial charge in [0.2, 0.25) is 11.8 Å². The smallest absolute Gasteiger partial charge is 0.370 e. The molecule has 3 rings (SSSR count). The first-order chi connectivity index (χ1) is 15.9. The number of anilines is 1. The normalized spacial score (nSPS) is 21.9. The standard InChI is InChI=1S/C25H33F3N4O2/c1-5-30-22(33)20-15-32(18-7-6-17(13-29)21(12-18)25(26,27)28)14-19(20)16-8-10-31(11-9-16)23(34)24(2,3)4/h6-7,12,16,19-20H,5,8-11,14-15H2,1-4H3,(H,30,33)/t19-,20+/m0/s1. The van der Waals surface area contributed by atoms with E-state index in [1.807, 2.05) is 37.5 Å². The van der Waals surface area contributed by atoms with Crippen molar-refractivity contribution in [3.63, 3.8) is 0 Å². The van der Waals surface area contributed by atoms with Crippen molar-refractivity contribution < 1.29 is 22.8 Å². The lowest BCUT2D eigenvalue weighted by Gasteiger charge is -2.38. The molecule has 2 aliphatic heterocycles. The van der Waals surface area contributed by atoms with E-state index in [4.69, 9.17) is 5.26 Å². The molecule has 2 saturated heterocycles. The molecule has 0 unspecified atom stereocenters. The SMILES string of the molecule is CCNC(=O)[C@@H]1CN(c2ccc(C#N)c(C(F)(F)F)c2)C[C@H]1C1CCN(C(=O)C(C)(C)C)CC1.